The summed E-state index contributed by atoms with van der Waals surface area (Å²) in [5.74, 6) is 0. The van der Waals surface area contributed by atoms with Gasteiger partial charge in [-0.1, -0.05) is 6.92 Å². The lowest BCUT2D eigenvalue weighted by Crippen LogP contribution is -1.97. The van der Waals surface area contributed by atoms with Crippen LogP contribution < -0.4 is 5.73 Å². The van der Waals surface area contributed by atoms with Gasteiger partial charge in [-0.3, -0.25) is 0 Å². The van der Waals surface area contributed by atoms with Gasteiger partial charge < -0.3 is 5.73 Å². The van der Waals surface area contributed by atoms with Crippen LogP contribution in [0.5, 0.6) is 0 Å². The van der Waals surface area contributed by atoms with Crippen LogP contribution in [0.25, 0.3) is 0 Å². The molecule has 0 amide bonds. The van der Waals surface area contributed by atoms with Crippen LogP contribution in [-0.2, 0) is 19.4 Å². The minimum Gasteiger partial charge on any atom is -0.326 e. The second kappa shape index (κ2) is 5.03. The molecule has 3 nitrogen and oxygen atoms in total. The highest BCUT2D eigenvalue weighted by Crippen LogP contribution is 2.21. The van der Waals surface area contributed by atoms with Gasteiger partial charge in [0.2, 0.25) is 0 Å². The molecule has 2 rings (SSSR count). The third kappa shape index (κ3) is 2.48. The van der Waals surface area contributed by atoms with Gasteiger partial charge in [0.05, 0.1) is 21.4 Å². The maximum Gasteiger partial charge on any atom is 0.0991 e. The van der Waals surface area contributed by atoms with Gasteiger partial charge in [-0.05, 0) is 13.3 Å². The number of thiazole rings is 2. The summed E-state index contributed by atoms with van der Waals surface area (Å²) in [7, 11) is 0. The largest absolute Gasteiger partial charge is 0.326 e. The van der Waals surface area contributed by atoms with E-state index in [1.807, 2.05) is 6.92 Å². The number of nitrogens with two attached hydrogens (primary N) is 1. The molecule has 0 aliphatic carbocycles. The number of aryl methyl sites for hydroxylation is 2. The summed E-state index contributed by atoms with van der Waals surface area (Å²) in [5, 5.41) is 4.34. The smallest absolute Gasteiger partial charge is 0.0991 e. The van der Waals surface area contributed by atoms with Crippen molar-refractivity contribution in [2.24, 2.45) is 5.73 Å². The van der Waals surface area contributed by atoms with Gasteiger partial charge in [-0.25, -0.2) is 9.97 Å². The normalized spacial score (nSPS) is 10.9. The van der Waals surface area contributed by atoms with Crippen LogP contribution in [0, 0.1) is 6.92 Å². The molecule has 0 unspecified atom stereocenters. The SMILES string of the molecule is CCc1nc(Cc2csc(C)n2)sc1CN. The second-order valence-electron chi connectivity index (χ2n) is 3.57. The number of aromatic nitrogens is 2. The molecule has 0 atom stereocenters. The van der Waals surface area contributed by atoms with E-state index in [4.69, 9.17) is 5.73 Å². The predicted molar refractivity (Wildman–Crippen MR) is 69.0 cm³/mol. The minimum absolute atomic E-state index is 0.594. The molecule has 0 aliphatic rings. The molecular weight excluding hydrogens is 238 g/mol. The highest BCUT2D eigenvalue weighted by atomic mass is 32.1. The highest BCUT2D eigenvalue weighted by molar-refractivity contribution is 7.11. The molecule has 0 aliphatic heterocycles. The Hall–Kier alpha value is -0.780. The lowest BCUT2D eigenvalue weighted by molar-refractivity contribution is 0.961. The van der Waals surface area contributed by atoms with Crippen LogP contribution in [0.2, 0.25) is 0 Å². The summed E-state index contributed by atoms with van der Waals surface area (Å²) in [5.41, 5.74) is 7.95. The molecule has 2 N–H and O–H groups in total. The van der Waals surface area contributed by atoms with Gasteiger partial charge in [0.25, 0.3) is 0 Å². The number of nitrogens with zero attached hydrogens (tertiary/aromatic N) is 2. The topological polar surface area (TPSA) is 51.8 Å². The first kappa shape index (κ1) is 11.7. The average molecular weight is 253 g/mol. The first-order chi connectivity index (χ1) is 7.72. The number of hydrogen-bond acceptors (Lipinski definition) is 5. The van der Waals surface area contributed by atoms with E-state index in [-0.39, 0.29) is 0 Å². The van der Waals surface area contributed by atoms with Crippen molar-refractivity contribution in [3.05, 3.63) is 31.7 Å². The lowest BCUT2D eigenvalue weighted by Gasteiger charge is -1.91. The average Bonchev–Trinajstić information content (AvgIpc) is 2.85. The van der Waals surface area contributed by atoms with E-state index in [9.17, 15) is 0 Å². The fraction of sp³-hybridized carbons (Fsp3) is 0.455. The van der Waals surface area contributed by atoms with Gasteiger partial charge in [0, 0.05) is 23.2 Å². The molecule has 2 aromatic rings. The molecule has 5 heteroatoms. The Morgan fingerprint density at radius 2 is 2.19 bits per heavy atom. The molecular formula is C11H15N3S2. The Bertz CT molecular complexity index is 452. The van der Waals surface area contributed by atoms with E-state index in [1.54, 1.807) is 22.7 Å². The minimum atomic E-state index is 0.594. The van der Waals surface area contributed by atoms with E-state index in [1.165, 1.54) is 4.88 Å². The van der Waals surface area contributed by atoms with E-state index in [2.05, 4.69) is 22.3 Å². The molecule has 2 heterocycles. The summed E-state index contributed by atoms with van der Waals surface area (Å²) in [6.45, 7) is 4.74. The van der Waals surface area contributed by atoms with Crippen molar-refractivity contribution < 1.29 is 0 Å². The molecule has 86 valence electrons. The van der Waals surface area contributed by atoms with Gasteiger partial charge >= 0.3 is 0 Å². The maximum absolute atomic E-state index is 5.69. The predicted octanol–water partition coefficient (Wildman–Crippen LogP) is 2.52. The summed E-state index contributed by atoms with van der Waals surface area (Å²) in [4.78, 5) is 10.3. The van der Waals surface area contributed by atoms with Crippen molar-refractivity contribution in [3.8, 4) is 0 Å². The molecule has 0 bridgehead atoms. The van der Waals surface area contributed by atoms with Crippen molar-refractivity contribution >= 4 is 22.7 Å². The summed E-state index contributed by atoms with van der Waals surface area (Å²) < 4.78 is 0. The fourth-order valence-electron chi connectivity index (χ4n) is 1.59. The Kier molecular flexibility index (Phi) is 3.68. The summed E-state index contributed by atoms with van der Waals surface area (Å²) in [6, 6.07) is 0. The van der Waals surface area contributed by atoms with Crippen LogP contribution >= 0.6 is 22.7 Å². The third-order valence-corrected chi connectivity index (χ3v) is 4.28. The van der Waals surface area contributed by atoms with Crippen molar-refractivity contribution in [1.29, 1.82) is 0 Å². The number of rotatable bonds is 4. The first-order valence-electron chi connectivity index (χ1n) is 5.31. The van der Waals surface area contributed by atoms with Gasteiger partial charge in [0.15, 0.2) is 0 Å². The van der Waals surface area contributed by atoms with Crippen LogP contribution in [-0.4, -0.2) is 9.97 Å². The highest BCUT2D eigenvalue weighted by Gasteiger charge is 2.09. The second-order valence-corrected chi connectivity index (χ2v) is 5.80. The molecule has 0 aromatic carbocycles. The van der Waals surface area contributed by atoms with Gasteiger partial charge in [-0.2, -0.15) is 0 Å². The fourth-order valence-corrected chi connectivity index (χ4v) is 3.26. The van der Waals surface area contributed by atoms with E-state index in [0.29, 0.717) is 6.54 Å². The molecule has 16 heavy (non-hydrogen) atoms. The van der Waals surface area contributed by atoms with Crippen LogP contribution in [0.3, 0.4) is 0 Å². The Balaban J connectivity index is 2.18. The van der Waals surface area contributed by atoms with Crippen LogP contribution in [0.15, 0.2) is 5.38 Å². The quantitative estimate of drug-likeness (QED) is 0.911. The molecule has 0 saturated heterocycles. The van der Waals surface area contributed by atoms with E-state index < -0.39 is 0 Å². The standard InChI is InChI=1S/C11H15N3S2/c1-3-9-10(5-12)16-11(14-9)4-8-6-15-7(2)13-8/h6H,3-5,12H2,1-2H3. The zero-order valence-electron chi connectivity index (χ0n) is 9.49. The Morgan fingerprint density at radius 3 is 2.69 bits per heavy atom. The number of hydrogen-bond donors (Lipinski definition) is 1. The van der Waals surface area contributed by atoms with Crippen LogP contribution in [0.4, 0.5) is 0 Å². The van der Waals surface area contributed by atoms with Crippen molar-refractivity contribution in [2.75, 3.05) is 0 Å². The molecule has 2 aromatic heterocycles. The summed E-state index contributed by atoms with van der Waals surface area (Å²) >= 11 is 3.40. The molecule has 0 spiro atoms. The van der Waals surface area contributed by atoms with Gasteiger partial charge in [-0.15, -0.1) is 22.7 Å². The van der Waals surface area contributed by atoms with Crippen LogP contribution in [0.1, 0.15) is 33.2 Å². The Labute approximate surface area is 103 Å². The molecule has 0 fully saturated rings. The molecule has 0 saturated carbocycles. The zero-order chi connectivity index (χ0) is 11.5. The molecule has 0 radical (unpaired) electrons. The monoisotopic (exact) mass is 253 g/mol. The third-order valence-electron chi connectivity index (χ3n) is 2.34. The van der Waals surface area contributed by atoms with E-state index in [0.717, 1.165) is 34.2 Å². The van der Waals surface area contributed by atoms with Crippen molar-refractivity contribution in [2.45, 2.75) is 33.2 Å². The van der Waals surface area contributed by atoms with Gasteiger partial charge in [0.1, 0.15) is 0 Å². The maximum atomic E-state index is 5.69. The lowest BCUT2D eigenvalue weighted by atomic mass is 10.3. The first-order valence-corrected chi connectivity index (χ1v) is 7.01. The van der Waals surface area contributed by atoms with Crippen molar-refractivity contribution in [3.63, 3.8) is 0 Å². The Morgan fingerprint density at radius 1 is 1.38 bits per heavy atom. The zero-order valence-corrected chi connectivity index (χ0v) is 11.1. The van der Waals surface area contributed by atoms with E-state index >= 15 is 0 Å². The summed E-state index contributed by atoms with van der Waals surface area (Å²) in [6.07, 6.45) is 1.79. The van der Waals surface area contributed by atoms with Crippen molar-refractivity contribution in [1.82, 2.24) is 9.97 Å².